The molecule has 2 aromatic rings. The van der Waals surface area contributed by atoms with Crippen molar-refractivity contribution in [1.29, 1.82) is 0 Å². The number of anilines is 1. The molecule has 1 aliphatic rings. The van der Waals surface area contributed by atoms with Gasteiger partial charge in [0.25, 0.3) is 0 Å². The molecule has 2 atom stereocenters. The van der Waals surface area contributed by atoms with E-state index in [1.807, 2.05) is 17.5 Å². The second-order valence-electron chi connectivity index (χ2n) is 5.43. The van der Waals surface area contributed by atoms with Gasteiger partial charge in [0.05, 0.1) is 18.8 Å². The Bertz CT molecular complexity index is 823. The zero-order valence-electron chi connectivity index (χ0n) is 13.3. The summed E-state index contributed by atoms with van der Waals surface area (Å²) in [5, 5.41) is 11.9. The number of carbonyl (C=O) groups excluding carboxylic acids is 1. The van der Waals surface area contributed by atoms with Crippen LogP contribution >= 0.6 is 35.2 Å². The molecule has 130 valence electrons. The topological polar surface area (TPSA) is 62.4 Å². The molecule has 0 unspecified atom stereocenters. The van der Waals surface area contributed by atoms with E-state index in [9.17, 15) is 4.79 Å². The molecule has 1 amide bonds. The SMILES string of the molecule is C=C1NC(=S)N[C@H](c2cccs2)[C@@H]1C(=O)Nc1ccc(Cl)cc1OC. The zero-order valence-corrected chi connectivity index (χ0v) is 15.7. The molecule has 3 N–H and O–H groups in total. The van der Waals surface area contributed by atoms with Crippen molar-refractivity contribution in [3.63, 3.8) is 0 Å². The van der Waals surface area contributed by atoms with Gasteiger partial charge in [0.15, 0.2) is 5.11 Å². The molecule has 0 spiro atoms. The molecule has 0 radical (unpaired) electrons. The average molecular weight is 394 g/mol. The highest BCUT2D eigenvalue weighted by atomic mass is 35.5. The lowest BCUT2D eigenvalue weighted by Crippen LogP contribution is -2.51. The molecule has 1 aromatic carbocycles. The van der Waals surface area contributed by atoms with Gasteiger partial charge in [0.1, 0.15) is 11.7 Å². The summed E-state index contributed by atoms with van der Waals surface area (Å²) in [6, 6.07) is 8.67. The van der Waals surface area contributed by atoms with Gasteiger partial charge in [-0.25, -0.2) is 0 Å². The van der Waals surface area contributed by atoms with E-state index in [2.05, 4.69) is 22.5 Å². The maximum atomic E-state index is 13.0. The van der Waals surface area contributed by atoms with Crippen molar-refractivity contribution in [1.82, 2.24) is 10.6 Å². The lowest BCUT2D eigenvalue weighted by atomic mass is 9.92. The molecule has 1 saturated heterocycles. The Labute approximate surface area is 160 Å². The number of benzene rings is 1. The van der Waals surface area contributed by atoms with E-state index in [1.165, 1.54) is 7.11 Å². The van der Waals surface area contributed by atoms with Crippen LogP contribution in [0, 0.1) is 5.92 Å². The van der Waals surface area contributed by atoms with Crippen LogP contribution in [0.3, 0.4) is 0 Å². The summed E-state index contributed by atoms with van der Waals surface area (Å²) in [6.07, 6.45) is 0. The average Bonchev–Trinajstić information content (AvgIpc) is 3.10. The summed E-state index contributed by atoms with van der Waals surface area (Å²) >= 11 is 12.7. The van der Waals surface area contributed by atoms with E-state index in [0.717, 1.165) is 4.88 Å². The fourth-order valence-corrected chi connectivity index (χ4v) is 3.91. The monoisotopic (exact) mass is 393 g/mol. The molecule has 0 saturated carbocycles. The highest BCUT2D eigenvalue weighted by Crippen LogP contribution is 2.34. The number of amides is 1. The van der Waals surface area contributed by atoms with E-state index >= 15 is 0 Å². The van der Waals surface area contributed by atoms with Crippen LogP contribution in [0.4, 0.5) is 5.69 Å². The van der Waals surface area contributed by atoms with Crippen molar-refractivity contribution in [3.05, 3.63) is 57.9 Å². The number of thiocarbonyl (C=S) groups is 1. The summed E-state index contributed by atoms with van der Waals surface area (Å²) in [6.45, 7) is 3.98. The second-order valence-corrected chi connectivity index (χ2v) is 7.25. The third-order valence-electron chi connectivity index (χ3n) is 3.82. The summed E-state index contributed by atoms with van der Waals surface area (Å²) in [7, 11) is 1.52. The Kier molecular flexibility index (Phi) is 5.27. The van der Waals surface area contributed by atoms with E-state index < -0.39 is 5.92 Å². The van der Waals surface area contributed by atoms with Crippen molar-refractivity contribution in [2.75, 3.05) is 12.4 Å². The lowest BCUT2D eigenvalue weighted by molar-refractivity contribution is -0.119. The fraction of sp³-hybridized carbons (Fsp3) is 0.176. The van der Waals surface area contributed by atoms with Crippen molar-refractivity contribution in [2.45, 2.75) is 6.04 Å². The van der Waals surface area contributed by atoms with Crippen molar-refractivity contribution in [2.24, 2.45) is 5.92 Å². The Morgan fingerprint density at radius 3 is 2.92 bits per heavy atom. The Morgan fingerprint density at radius 1 is 1.44 bits per heavy atom. The first-order valence-electron chi connectivity index (χ1n) is 7.43. The third-order valence-corrected chi connectivity index (χ3v) is 5.23. The van der Waals surface area contributed by atoms with Crippen LogP contribution < -0.4 is 20.7 Å². The van der Waals surface area contributed by atoms with Crippen molar-refractivity contribution >= 4 is 51.9 Å². The van der Waals surface area contributed by atoms with Crippen molar-refractivity contribution in [3.8, 4) is 5.75 Å². The smallest absolute Gasteiger partial charge is 0.236 e. The van der Waals surface area contributed by atoms with Crippen LogP contribution in [0.15, 0.2) is 48.0 Å². The van der Waals surface area contributed by atoms with Gasteiger partial charge in [-0.05, 0) is 35.8 Å². The largest absolute Gasteiger partial charge is 0.495 e. The molecular weight excluding hydrogens is 378 g/mol. The molecule has 8 heteroatoms. The molecular formula is C17H16ClN3O2S2. The molecule has 5 nitrogen and oxygen atoms in total. The highest BCUT2D eigenvalue weighted by Gasteiger charge is 2.37. The van der Waals surface area contributed by atoms with E-state index in [1.54, 1.807) is 29.5 Å². The first kappa shape index (κ1) is 17.7. The normalized spacial score (nSPS) is 19.8. The Balaban J connectivity index is 1.88. The molecule has 1 aliphatic heterocycles. The van der Waals surface area contributed by atoms with Crippen LogP contribution in [0.1, 0.15) is 10.9 Å². The number of hydrogen-bond acceptors (Lipinski definition) is 4. The van der Waals surface area contributed by atoms with E-state index in [-0.39, 0.29) is 11.9 Å². The number of thiophene rings is 1. The van der Waals surface area contributed by atoms with Crippen molar-refractivity contribution < 1.29 is 9.53 Å². The van der Waals surface area contributed by atoms with E-state index in [4.69, 9.17) is 28.6 Å². The predicted octanol–water partition coefficient (Wildman–Crippen LogP) is 3.70. The number of hydrogen-bond donors (Lipinski definition) is 3. The van der Waals surface area contributed by atoms with Gasteiger partial charge in [0, 0.05) is 21.7 Å². The second kappa shape index (κ2) is 7.43. The molecule has 2 heterocycles. The van der Waals surface area contributed by atoms with Crippen LogP contribution in [0.5, 0.6) is 5.75 Å². The molecule has 0 bridgehead atoms. The highest BCUT2D eigenvalue weighted by molar-refractivity contribution is 7.80. The quantitative estimate of drug-likeness (QED) is 0.691. The van der Waals surface area contributed by atoms with Crippen LogP contribution in [-0.2, 0) is 4.79 Å². The number of ether oxygens (including phenoxy) is 1. The fourth-order valence-electron chi connectivity index (χ4n) is 2.68. The van der Waals surface area contributed by atoms with Gasteiger partial charge < -0.3 is 20.7 Å². The molecule has 25 heavy (non-hydrogen) atoms. The maximum Gasteiger partial charge on any atom is 0.236 e. The minimum atomic E-state index is -0.536. The minimum Gasteiger partial charge on any atom is -0.495 e. The van der Waals surface area contributed by atoms with Gasteiger partial charge in [-0.2, -0.15) is 0 Å². The summed E-state index contributed by atoms with van der Waals surface area (Å²) < 4.78 is 5.29. The summed E-state index contributed by atoms with van der Waals surface area (Å²) in [4.78, 5) is 14.0. The predicted molar refractivity (Wildman–Crippen MR) is 105 cm³/mol. The zero-order chi connectivity index (χ0) is 18.0. The maximum absolute atomic E-state index is 13.0. The van der Waals surface area contributed by atoms with Gasteiger partial charge >= 0.3 is 0 Å². The summed E-state index contributed by atoms with van der Waals surface area (Å²) in [5.74, 6) is -0.261. The Morgan fingerprint density at radius 2 is 2.24 bits per heavy atom. The lowest BCUT2D eigenvalue weighted by Gasteiger charge is -2.34. The standard InChI is InChI=1S/C17H16ClN3O2S2/c1-9-14(15(21-17(24)19-9)13-4-3-7-25-13)16(22)20-11-6-5-10(18)8-12(11)23-2/h3-8,14-15H,1H2,2H3,(H,20,22)(H2,19,21,24)/t14-,15-/m1/s1. The van der Waals surface area contributed by atoms with E-state index in [0.29, 0.717) is 27.3 Å². The minimum absolute atomic E-state index is 0.216. The van der Waals surface area contributed by atoms with Crippen LogP contribution in [-0.4, -0.2) is 18.1 Å². The molecule has 1 aromatic heterocycles. The summed E-state index contributed by atoms with van der Waals surface area (Å²) in [5.41, 5.74) is 1.09. The number of methoxy groups -OCH3 is 1. The molecule has 1 fully saturated rings. The van der Waals surface area contributed by atoms with Gasteiger partial charge in [-0.3, -0.25) is 4.79 Å². The number of rotatable bonds is 4. The van der Waals surface area contributed by atoms with Crippen LogP contribution in [0.2, 0.25) is 5.02 Å². The van der Waals surface area contributed by atoms with Gasteiger partial charge in [-0.15, -0.1) is 11.3 Å². The third kappa shape index (κ3) is 3.78. The Hall–Kier alpha value is -2.09. The van der Waals surface area contributed by atoms with Crippen LogP contribution in [0.25, 0.3) is 0 Å². The van der Waals surface area contributed by atoms with Gasteiger partial charge in [0.2, 0.25) is 5.91 Å². The molecule has 0 aliphatic carbocycles. The molecule has 3 rings (SSSR count). The first-order valence-corrected chi connectivity index (χ1v) is 9.10. The first-order chi connectivity index (χ1) is 12.0. The number of nitrogens with one attached hydrogen (secondary N) is 3. The number of halogens is 1. The van der Waals surface area contributed by atoms with Gasteiger partial charge in [-0.1, -0.05) is 24.2 Å². The number of carbonyl (C=O) groups is 1.